The van der Waals surface area contributed by atoms with Gasteiger partial charge in [-0.05, 0) is 49.2 Å². The van der Waals surface area contributed by atoms with Crippen LogP contribution in [0.3, 0.4) is 0 Å². The maximum atomic E-state index is 12.5. The number of ether oxygens (including phenoxy) is 2. The third-order valence-electron chi connectivity index (χ3n) is 4.48. The molecule has 3 rings (SSSR count). The number of methoxy groups -OCH3 is 2. The number of carbonyl (C=O) groups is 1. The second-order valence-electron chi connectivity index (χ2n) is 5.99. The molecule has 6 heteroatoms. The van der Waals surface area contributed by atoms with Crippen molar-refractivity contribution in [3.05, 3.63) is 48.2 Å². The van der Waals surface area contributed by atoms with Crippen molar-refractivity contribution in [2.45, 2.75) is 18.9 Å². The highest BCUT2D eigenvalue weighted by Gasteiger charge is 2.22. The number of piperidine rings is 1. The maximum absolute atomic E-state index is 12.5. The molecule has 0 atom stereocenters. The van der Waals surface area contributed by atoms with Crippen LogP contribution in [0.4, 0.5) is 5.69 Å². The van der Waals surface area contributed by atoms with E-state index in [1.807, 2.05) is 12.1 Å². The molecule has 0 saturated carbocycles. The minimum atomic E-state index is -0.132. The molecule has 0 bridgehead atoms. The van der Waals surface area contributed by atoms with Gasteiger partial charge in [-0.3, -0.25) is 4.79 Å². The number of rotatable bonds is 5. The molecular weight excluding hydrogens is 318 g/mol. The first-order valence-electron chi connectivity index (χ1n) is 8.40. The minimum Gasteiger partial charge on any atom is -0.497 e. The smallest absolute Gasteiger partial charge is 0.256 e. The number of amides is 1. The average molecular weight is 341 g/mol. The zero-order chi connectivity index (χ0) is 17.6. The van der Waals surface area contributed by atoms with Crippen LogP contribution in [0.5, 0.6) is 11.6 Å². The number of hydrogen-bond donors (Lipinski definition) is 1. The summed E-state index contributed by atoms with van der Waals surface area (Å²) in [5.41, 5.74) is 1.65. The number of hydrogen-bond acceptors (Lipinski definition) is 5. The van der Waals surface area contributed by atoms with Gasteiger partial charge >= 0.3 is 0 Å². The molecule has 1 aliphatic rings. The quantitative estimate of drug-likeness (QED) is 0.905. The van der Waals surface area contributed by atoms with Gasteiger partial charge in [0.25, 0.3) is 5.91 Å². The number of anilines is 1. The third kappa shape index (κ3) is 4.02. The largest absolute Gasteiger partial charge is 0.497 e. The number of nitrogens with zero attached hydrogens (tertiary/aromatic N) is 2. The van der Waals surface area contributed by atoms with Gasteiger partial charge in [0.15, 0.2) is 0 Å². The highest BCUT2D eigenvalue weighted by atomic mass is 16.5. The molecule has 1 aromatic carbocycles. The van der Waals surface area contributed by atoms with Crippen molar-refractivity contribution in [3.63, 3.8) is 0 Å². The molecule has 1 N–H and O–H groups in total. The molecule has 0 aliphatic carbocycles. The second-order valence-corrected chi connectivity index (χ2v) is 5.99. The summed E-state index contributed by atoms with van der Waals surface area (Å²) < 4.78 is 10.4. The van der Waals surface area contributed by atoms with Crippen molar-refractivity contribution in [2.75, 3.05) is 32.2 Å². The molecule has 0 spiro atoms. The monoisotopic (exact) mass is 341 g/mol. The molecule has 132 valence electrons. The first kappa shape index (κ1) is 17.1. The van der Waals surface area contributed by atoms with Crippen LogP contribution < -0.4 is 19.7 Å². The van der Waals surface area contributed by atoms with Gasteiger partial charge in [0.1, 0.15) is 11.3 Å². The Kier molecular flexibility index (Phi) is 5.38. The van der Waals surface area contributed by atoms with E-state index < -0.39 is 0 Å². The molecule has 25 heavy (non-hydrogen) atoms. The second kappa shape index (κ2) is 7.88. The van der Waals surface area contributed by atoms with Crippen molar-refractivity contribution in [3.8, 4) is 11.6 Å². The SMILES string of the molecule is COc1ccc(N2CCC(NC(=O)c3cccnc3OC)CC2)cc1. The number of benzene rings is 1. The molecule has 1 aromatic heterocycles. The summed E-state index contributed by atoms with van der Waals surface area (Å²) >= 11 is 0. The number of aromatic nitrogens is 1. The Bertz CT molecular complexity index is 710. The summed E-state index contributed by atoms with van der Waals surface area (Å²) in [5.74, 6) is 1.08. The van der Waals surface area contributed by atoms with Gasteiger partial charge in [-0.1, -0.05) is 0 Å². The molecule has 1 saturated heterocycles. The first-order chi connectivity index (χ1) is 12.2. The van der Waals surface area contributed by atoms with Crippen LogP contribution >= 0.6 is 0 Å². The fraction of sp³-hybridized carbons (Fsp3) is 0.368. The maximum Gasteiger partial charge on any atom is 0.256 e. The molecule has 0 radical (unpaired) electrons. The van der Waals surface area contributed by atoms with Crippen LogP contribution in [0.2, 0.25) is 0 Å². The van der Waals surface area contributed by atoms with Gasteiger partial charge in [-0.2, -0.15) is 0 Å². The van der Waals surface area contributed by atoms with Crippen LogP contribution in [0.15, 0.2) is 42.6 Å². The van der Waals surface area contributed by atoms with E-state index >= 15 is 0 Å². The van der Waals surface area contributed by atoms with Gasteiger partial charge in [-0.25, -0.2) is 4.98 Å². The molecule has 6 nitrogen and oxygen atoms in total. The Morgan fingerprint density at radius 1 is 1.12 bits per heavy atom. The summed E-state index contributed by atoms with van der Waals surface area (Å²) in [6.07, 6.45) is 3.42. The third-order valence-corrected chi connectivity index (χ3v) is 4.48. The summed E-state index contributed by atoms with van der Waals surface area (Å²) in [6, 6.07) is 11.7. The lowest BCUT2D eigenvalue weighted by atomic mass is 10.0. The summed E-state index contributed by atoms with van der Waals surface area (Å²) in [6.45, 7) is 1.81. The average Bonchev–Trinajstić information content (AvgIpc) is 2.68. The van der Waals surface area contributed by atoms with Crippen molar-refractivity contribution in [1.82, 2.24) is 10.3 Å². The molecular formula is C19H23N3O3. The predicted molar refractivity (Wildman–Crippen MR) is 96.5 cm³/mol. The molecule has 0 unspecified atom stereocenters. The van der Waals surface area contributed by atoms with E-state index in [4.69, 9.17) is 9.47 Å². The number of carbonyl (C=O) groups excluding carboxylic acids is 1. The zero-order valence-electron chi connectivity index (χ0n) is 14.6. The molecule has 1 amide bonds. The van der Waals surface area contributed by atoms with Crippen molar-refractivity contribution >= 4 is 11.6 Å². The molecule has 2 aromatic rings. The first-order valence-corrected chi connectivity index (χ1v) is 8.40. The van der Waals surface area contributed by atoms with Gasteiger partial charge in [0.2, 0.25) is 5.88 Å². The van der Waals surface area contributed by atoms with E-state index in [2.05, 4.69) is 27.3 Å². The Balaban J connectivity index is 1.56. The lowest BCUT2D eigenvalue weighted by Gasteiger charge is -2.34. The molecule has 1 aliphatic heterocycles. The number of pyridine rings is 1. The van der Waals surface area contributed by atoms with Crippen molar-refractivity contribution in [2.24, 2.45) is 0 Å². The van der Waals surface area contributed by atoms with E-state index in [1.54, 1.807) is 25.4 Å². The minimum absolute atomic E-state index is 0.132. The fourth-order valence-corrected chi connectivity index (χ4v) is 3.06. The van der Waals surface area contributed by atoms with Crippen molar-refractivity contribution in [1.29, 1.82) is 0 Å². The normalized spacial score (nSPS) is 14.9. The summed E-state index contributed by atoms with van der Waals surface area (Å²) in [5, 5.41) is 3.09. The topological polar surface area (TPSA) is 63.7 Å². The highest BCUT2D eigenvalue weighted by molar-refractivity contribution is 5.96. The van der Waals surface area contributed by atoms with E-state index in [9.17, 15) is 4.79 Å². The number of nitrogens with one attached hydrogen (secondary N) is 1. The van der Waals surface area contributed by atoms with Gasteiger partial charge in [-0.15, -0.1) is 0 Å². The summed E-state index contributed by atoms with van der Waals surface area (Å²) in [7, 11) is 3.19. The fourth-order valence-electron chi connectivity index (χ4n) is 3.06. The molecule has 2 heterocycles. The lowest BCUT2D eigenvalue weighted by molar-refractivity contribution is 0.0927. The Morgan fingerprint density at radius 3 is 2.48 bits per heavy atom. The van der Waals surface area contributed by atoms with Crippen LogP contribution in [0.25, 0.3) is 0 Å². The van der Waals surface area contributed by atoms with Crippen LogP contribution in [0, 0.1) is 0 Å². The van der Waals surface area contributed by atoms with E-state index in [1.165, 1.54) is 12.8 Å². The molecule has 1 fully saturated rings. The predicted octanol–water partition coefficient (Wildman–Crippen LogP) is 2.50. The van der Waals surface area contributed by atoms with Gasteiger partial charge in [0, 0.05) is 31.0 Å². The van der Waals surface area contributed by atoms with E-state index in [-0.39, 0.29) is 11.9 Å². The standard InChI is InChI=1S/C19H23N3O3/c1-24-16-7-5-15(6-8-16)22-12-9-14(10-13-22)21-18(23)17-4-3-11-20-19(17)25-2/h3-8,11,14H,9-10,12-13H2,1-2H3,(H,21,23). The van der Waals surface area contributed by atoms with Crippen LogP contribution in [-0.4, -0.2) is 44.2 Å². The van der Waals surface area contributed by atoms with Crippen molar-refractivity contribution < 1.29 is 14.3 Å². The highest BCUT2D eigenvalue weighted by Crippen LogP contribution is 2.23. The Hall–Kier alpha value is -2.76. The zero-order valence-corrected chi connectivity index (χ0v) is 14.6. The Morgan fingerprint density at radius 2 is 1.84 bits per heavy atom. The Labute approximate surface area is 147 Å². The van der Waals surface area contributed by atoms with E-state index in [0.29, 0.717) is 11.4 Å². The van der Waals surface area contributed by atoms with Gasteiger partial charge < -0.3 is 19.7 Å². The van der Waals surface area contributed by atoms with Gasteiger partial charge in [0.05, 0.1) is 14.2 Å². The lowest BCUT2D eigenvalue weighted by Crippen LogP contribution is -2.44. The summed E-state index contributed by atoms with van der Waals surface area (Å²) in [4.78, 5) is 18.9. The van der Waals surface area contributed by atoms with E-state index in [0.717, 1.165) is 31.7 Å². The van der Waals surface area contributed by atoms with Crippen LogP contribution in [0.1, 0.15) is 23.2 Å². The van der Waals surface area contributed by atoms with Crippen LogP contribution in [-0.2, 0) is 0 Å².